The van der Waals surface area contributed by atoms with Gasteiger partial charge >= 0.3 is 6.09 Å². The number of amides is 2. The lowest BCUT2D eigenvalue weighted by atomic mass is 10.1. The van der Waals surface area contributed by atoms with Crippen molar-refractivity contribution in [2.45, 2.75) is 31.6 Å². The number of carbonyl (C=O) groups excluding carboxylic acids is 2. The lowest BCUT2D eigenvalue weighted by molar-refractivity contribution is -0.119. The molecular formula is C16H18F4N2O3. The van der Waals surface area contributed by atoms with Gasteiger partial charge in [-0.15, -0.1) is 0 Å². The highest BCUT2D eigenvalue weighted by Gasteiger charge is 2.37. The molecule has 2 saturated heterocycles. The van der Waals surface area contributed by atoms with E-state index in [0.29, 0.717) is 6.07 Å². The molecule has 138 valence electrons. The number of likely N-dealkylation sites (tertiary alicyclic amines) is 1. The molecule has 0 bridgehead atoms. The molecule has 0 atom stereocenters. The maximum Gasteiger partial charge on any atom is 0.415 e. The molecule has 2 aliphatic rings. The minimum atomic E-state index is -2.95. The molecule has 2 fully saturated rings. The molecule has 1 aromatic carbocycles. The number of nitrogens with zero attached hydrogens (tertiary/aromatic N) is 1. The van der Waals surface area contributed by atoms with Crippen LogP contribution in [-0.2, 0) is 4.79 Å². The Balaban J connectivity index is 0.000000316. The van der Waals surface area contributed by atoms with Crippen molar-refractivity contribution < 1.29 is 31.9 Å². The molecule has 0 aromatic heterocycles. The molecule has 2 aliphatic heterocycles. The number of hydrogen-bond donors (Lipinski definition) is 1. The molecule has 0 radical (unpaired) electrons. The molecule has 1 aromatic rings. The quantitative estimate of drug-likeness (QED) is 0.781. The molecule has 1 N–H and O–H groups in total. The highest BCUT2D eigenvalue weighted by Crippen LogP contribution is 2.27. The van der Waals surface area contributed by atoms with Crippen molar-refractivity contribution in [1.82, 2.24) is 10.2 Å². The van der Waals surface area contributed by atoms with E-state index >= 15 is 0 Å². The summed E-state index contributed by atoms with van der Waals surface area (Å²) < 4.78 is 56.7. The number of halogens is 4. The van der Waals surface area contributed by atoms with E-state index < -0.39 is 30.2 Å². The summed E-state index contributed by atoms with van der Waals surface area (Å²) in [7, 11) is 0. The van der Waals surface area contributed by atoms with E-state index in [0.717, 1.165) is 36.4 Å². The number of benzene rings is 1. The average Bonchev–Trinajstić information content (AvgIpc) is 2.97. The first kappa shape index (κ1) is 19.0. The highest BCUT2D eigenvalue weighted by atomic mass is 19.3. The molecule has 2 amide bonds. The summed E-state index contributed by atoms with van der Waals surface area (Å²) in [6.45, 7) is 0.273. The standard InChI is InChI=1S/C12H11F4NO2.C4H7NO/c13-8-4-9(14)6-10(5-8)19-11(18)17-3-1-2-12(15,16)7-17;6-4-2-1-3-5-4/h4-6H,1-3,7H2;1-3H2,(H,5,6). The smallest absolute Gasteiger partial charge is 0.410 e. The average molecular weight is 362 g/mol. The van der Waals surface area contributed by atoms with Gasteiger partial charge in [-0.25, -0.2) is 22.4 Å². The van der Waals surface area contributed by atoms with E-state index in [4.69, 9.17) is 0 Å². The van der Waals surface area contributed by atoms with E-state index in [1.54, 1.807) is 0 Å². The van der Waals surface area contributed by atoms with Gasteiger partial charge in [0, 0.05) is 44.1 Å². The molecule has 9 heteroatoms. The van der Waals surface area contributed by atoms with Crippen LogP contribution in [0.3, 0.4) is 0 Å². The van der Waals surface area contributed by atoms with Gasteiger partial charge in [0.25, 0.3) is 5.92 Å². The Hall–Kier alpha value is -2.32. The first-order valence-corrected chi connectivity index (χ1v) is 7.82. The van der Waals surface area contributed by atoms with Crippen molar-refractivity contribution in [3.05, 3.63) is 29.8 Å². The van der Waals surface area contributed by atoms with E-state index in [-0.39, 0.29) is 31.0 Å². The van der Waals surface area contributed by atoms with Gasteiger partial charge in [-0.05, 0) is 12.8 Å². The maximum atomic E-state index is 13.1. The van der Waals surface area contributed by atoms with Crippen LogP contribution in [0.1, 0.15) is 25.7 Å². The van der Waals surface area contributed by atoms with Gasteiger partial charge in [0.1, 0.15) is 17.4 Å². The third kappa shape index (κ3) is 6.24. The van der Waals surface area contributed by atoms with Gasteiger partial charge in [-0.3, -0.25) is 4.79 Å². The van der Waals surface area contributed by atoms with Gasteiger partial charge in [0.05, 0.1) is 6.54 Å². The lowest BCUT2D eigenvalue weighted by Crippen LogP contribution is -2.46. The predicted molar refractivity (Wildman–Crippen MR) is 80.4 cm³/mol. The highest BCUT2D eigenvalue weighted by molar-refractivity contribution is 5.77. The van der Waals surface area contributed by atoms with Gasteiger partial charge < -0.3 is 15.0 Å². The second-order valence-electron chi connectivity index (χ2n) is 5.81. The minimum absolute atomic E-state index is 0.131. The molecule has 0 unspecified atom stereocenters. The van der Waals surface area contributed by atoms with Crippen LogP contribution in [-0.4, -0.2) is 42.5 Å². The van der Waals surface area contributed by atoms with Gasteiger partial charge in [0.2, 0.25) is 5.91 Å². The van der Waals surface area contributed by atoms with E-state index in [1.807, 2.05) is 0 Å². The molecule has 2 heterocycles. The normalized spacial score (nSPS) is 18.9. The van der Waals surface area contributed by atoms with E-state index in [9.17, 15) is 27.2 Å². The number of nitrogens with one attached hydrogen (secondary N) is 1. The van der Waals surface area contributed by atoms with Crippen LogP contribution in [0.2, 0.25) is 0 Å². The van der Waals surface area contributed by atoms with Gasteiger partial charge in [0.15, 0.2) is 0 Å². The molecule has 0 saturated carbocycles. The summed E-state index contributed by atoms with van der Waals surface area (Å²) >= 11 is 0. The SMILES string of the molecule is O=C(Oc1cc(F)cc(F)c1)N1CCCC(F)(F)C1.O=C1CCCN1. The monoisotopic (exact) mass is 362 g/mol. The summed E-state index contributed by atoms with van der Waals surface area (Å²) in [6.07, 6.45) is 0.591. The first-order valence-electron chi connectivity index (χ1n) is 7.82. The number of rotatable bonds is 1. The Morgan fingerprint density at radius 2 is 1.84 bits per heavy atom. The zero-order chi connectivity index (χ0) is 18.4. The van der Waals surface area contributed by atoms with Crippen LogP contribution in [0.25, 0.3) is 0 Å². The van der Waals surface area contributed by atoms with Crippen LogP contribution in [0.15, 0.2) is 18.2 Å². The Labute approximate surface area is 141 Å². The number of alkyl halides is 2. The van der Waals surface area contributed by atoms with Crippen LogP contribution in [0.4, 0.5) is 22.4 Å². The third-order valence-corrected chi connectivity index (χ3v) is 3.59. The fourth-order valence-electron chi connectivity index (χ4n) is 2.44. The van der Waals surface area contributed by atoms with Crippen LogP contribution >= 0.6 is 0 Å². The van der Waals surface area contributed by atoms with Crippen molar-refractivity contribution >= 4 is 12.0 Å². The van der Waals surface area contributed by atoms with Crippen LogP contribution < -0.4 is 10.1 Å². The van der Waals surface area contributed by atoms with Gasteiger partial charge in [-0.2, -0.15) is 0 Å². The summed E-state index contributed by atoms with van der Waals surface area (Å²) in [4.78, 5) is 22.6. The predicted octanol–water partition coefficient (Wildman–Crippen LogP) is 3.09. The van der Waals surface area contributed by atoms with Crippen molar-refractivity contribution in [3.8, 4) is 5.75 Å². The second kappa shape index (κ2) is 8.17. The third-order valence-electron chi connectivity index (χ3n) is 3.59. The number of piperidine rings is 1. The Morgan fingerprint density at radius 3 is 2.32 bits per heavy atom. The van der Waals surface area contributed by atoms with Crippen molar-refractivity contribution in [2.24, 2.45) is 0 Å². The Bertz CT molecular complexity index is 612. The molecule has 0 spiro atoms. The fourth-order valence-corrected chi connectivity index (χ4v) is 2.44. The lowest BCUT2D eigenvalue weighted by Gasteiger charge is -2.31. The zero-order valence-corrected chi connectivity index (χ0v) is 13.4. The summed E-state index contributed by atoms with van der Waals surface area (Å²) in [5.74, 6) is -4.92. The molecule has 5 nitrogen and oxygen atoms in total. The van der Waals surface area contributed by atoms with Crippen LogP contribution in [0, 0.1) is 11.6 Å². The van der Waals surface area contributed by atoms with Gasteiger partial charge in [-0.1, -0.05) is 0 Å². The largest absolute Gasteiger partial charge is 0.415 e. The second-order valence-corrected chi connectivity index (χ2v) is 5.81. The minimum Gasteiger partial charge on any atom is -0.410 e. The Kier molecular flexibility index (Phi) is 6.22. The van der Waals surface area contributed by atoms with E-state index in [2.05, 4.69) is 10.1 Å². The summed E-state index contributed by atoms with van der Waals surface area (Å²) in [5.41, 5.74) is 0. The fraction of sp³-hybridized carbons (Fsp3) is 0.500. The number of carbonyl (C=O) groups is 2. The summed E-state index contributed by atoms with van der Waals surface area (Å²) in [6, 6.07) is 2.23. The topological polar surface area (TPSA) is 58.6 Å². The Morgan fingerprint density at radius 1 is 1.16 bits per heavy atom. The first-order chi connectivity index (χ1) is 11.7. The van der Waals surface area contributed by atoms with Crippen LogP contribution in [0.5, 0.6) is 5.75 Å². The maximum absolute atomic E-state index is 13.1. The van der Waals surface area contributed by atoms with E-state index in [1.165, 1.54) is 0 Å². The number of ether oxygens (including phenoxy) is 1. The molecule has 3 rings (SSSR count). The summed E-state index contributed by atoms with van der Waals surface area (Å²) in [5, 5.41) is 2.68. The molecular weight excluding hydrogens is 344 g/mol. The number of hydrogen-bond acceptors (Lipinski definition) is 3. The molecule has 25 heavy (non-hydrogen) atoms. The van der Waals surface area contributed by atoms with Crippen molar-refractivity contribution in [1.29, 1.82) is 0 Å². The van der Waals surface area contributed by atoms with Crippen molar-refractivity contribution in [3.63, 3.8) is 0 Å². The molecule has 0 aliphatic carbocycles. The van der Waals surface area contributed by atoms with Crippen molar-refractivity contribution in [2.75, 3.05) is 19.6 Å². The zero-order valence-electron chi connectivity index (χ0n) is 13.4.